The molecule has 1 atom stereocenters. The zero-order chi connectivity index (χ0) is 22.4. The van der Waals surface area contributed by atoms with Gasteiger partial charge < -0.3 is 20.0 Å². The second-order valence-corrected chi connectivity index (χ2v) is 8.42. The standard InChI is InChI=1S/C21H28F2N4O3/c1-13(2)26-10-17(28)27(21(18(26)29)11-25(12-21)19(30)24-5)14(3)15-6-8-16(9-7-15)20(4,22)23/h6-9,13-14H,10-12H2,1-5H3,(H,24,30). The highest BCUT2D eigenvalue weighted by Crippen LogP contribution is 2.40. The van der Waals surface area contributed by atoms with Crippen LogP contribution in [-0.4, -0.2) is 70.8 Å². The van der Waals surface area contributed by atoms with Crippen molar-refractivity contribution < 1.29 is 23.2 Å². The molecule has 1 spiro atoms. The molecule has 0 bridgehead atoms. The fraction of sp³-hybridized carbons (Fsp3) is 0.571. The Morgan fingerprint density at radius 1 is 1.13 bits per heavy atom. The fourth-order valence-electron chi connectivity index (χ4n) is 4.28. The van der Waals surface area contributed by atoms with E-state index in [9.17, 15) is 23.2 Å². The Kier molecular flexibility index (Phi) is 5.51. The van der Waals surface area contributed by atoms with Crippen molar-refractivity contribution in [1.82, 2.24) is 20.0 Å². The van der Waals surface area contributed by atoms with Crippen molar-refractivity contribution in [2.45, 2.75) is 51.2 Å². The van der Waals surface area contributed by atoms with Gasteiger partial charge in [-0.2, -0.15) is 0 Å². The van der Waals surface area contributed by atoms with E-state index in [4.69, 9.17) is 0 Å². The molecule has 1 N–H and O–H groups in total. The zero-order valence-electron chi connectivity index (χ0n) is 17.9. The zero-order valence-corrected chi connectivity index (χ0v) is 17.9. The van der Waals surface area contributed by atoms with Crippen LogP contribution in [0.4, 0.5) is 13.6 Å². The summed E-state index contributed by atoms with van der Waals surface area (Å²) in [5.41, 5.74) is -0.617. The van der Waals surface area contributed by atoms with Gasteiger partial charge in [-0.3, -0.25) is 9.59 Å². The fourth-order valence-corrected chi connectivity index (χ4v) is 4.28. The minimum Gasteiger partial charge on any atom is -0.341 e. The van der Waals surface area contributed by atoms with Crippen LogP contribution in [0.15, 0.2) is 24.3 Å². The van der Waals surface area contributed by atoms with Crippen LogP contribution in [0.3, 0.4) is 0 Å². The highest BCUT2D eigenvalue weighted by Gasteiger charge is 2.62. The average Bonchev–Trinajstić information content (AvgIpc) is 2.65. The molecule has 7 nitrogen and oxygen atoms in total. The van der Waals surface area contributed by atoms with Crippen molar-refractivity contribution >= 4 is 17.8 Å². The molecule has 0 radical (unpaired) electrons. The van der Waals surface area contributed by atoms with Crippen LogP contribution in [0.25, 0.3) is 0 Å². The molecule has 2 aliphatic rings. The van der Waals surface area contributed by atoms with E-state index >= 15 is 0 Å². The summed E-state index contributed by atoms with van der Waals surface area (Å²) in [4.78, 5) is 43.1. The van der Waals surface area contributed by atoms with Crippen LogP contribution in [-0.2, 0) is 15.5 Å². The van der Waals surface area contributed by atoms with Crippen molar-refractivity contribution in [3.8, 4) is 0 Å². The molecule has 2 heterocycles. The Labute approximate surface area is 175 Å². The van der Waals surface area contributed by atoms with Crippen molar-refractivity contribution in [3.63, 3.8) is 0 Å². The molecule has 1 aromatic rings. The van der Waals surface area contributed by atoms with Crippen molar-refractivity contribution in [1.29, 1.82) is 0 Å². The molecule has 4 amide bonds. The third kappa shape index (κ3) is 3.50. The minimum absolute atomic E-state index is 0.0479. The van der Waals surface area contributed by atoms with Gasteiger partial charge in [0.05, 0.1) is 19.1 Å². The molecule has 9 heteroatoms. The van der Waals surface area contributed by atoms with Crippen molar-refractivity contribution in [3.05, 3.63) is 35.4 Å². The molecule has 2 fully saturated rings. The number of carbonyl (C=O) groups is 3. The summed E-state index contributed by atoms with van der Waals surface area (Å²) in [6.07, 6.45) is 0. The van der Waals surface area contributed by atoms with E-state index in [0.717, 1.165) is 6.92 Å². The summed E-state index contributed by atoms with van der Waals surface area (Å²) in [5.74, 6) is -3.38. The van der Waals surface area contributed by atoms with Gasteiger partial charge in [-0.15, -0.1) is 0 Å². The number of amides is 4. The van der Waals surface area contributed by atoms with Gasteiger partial charge in [0.2, 0.25) is 5.91 Å². The summed E-state index contributed by atoms with van der Waals surface area (Å²) in [7, 11) is 1.51. The number of carbonyl (C=O) groups excluding carboxylic acids is 3. The number of nitrogens with zero attached hydrogens (tertiary/aromatic N) is 3. The number of urea groups is 1. The molecule has 0 aliphatic carbocycles. The lowest BCUT2D eigenvalue weighted by molar-refractivity contribution is -0.181. The van der Waals surface area contributed by atoms with E-state index < -0.39 is 17.5 Å². The molecule has 3 rings (SSSR count). The number of alkyl halides is 2. The number of halogens is 2. The van der Waals surface area contributed by atoms with Crippen LogP contribution >= 0.6 is 0 Å². The molecule has 164 valence electrons. The number of benzene rings is 1. The van der Waals surface area contributed by atoms with Gasteiger partial charge in [0, 0.05) is 25.6 Å². The Morgan fingerprint density at radius 3 is 2.17 bits per heavy atom. The largest absolute Gasteiger partial charge is 0.341 e. The van der Waals surface area contributed by atoms with Crippen molar-refractivity contribution in [2.24, 2.45) is 0 Å². The highest BCUT2D eigenvalue weighted by molar-refractivity contribution is 6.00. The van der Waals surface area contributed by atoms with E-state index in [1.54, 1.807) is 19.1 Å². The molecule has 1 aromatic carbocycles. The van der Waals surface area contributed by atoms with Gasteiger partial charge in [0.1, 0.15) is 6.54 Å². The molecule has 0 aromatic heterocycles. The third-order valence-electron chi connectivity index (χ3n) is 6.01. The number of nitrogens with one attached hydrogen (secondary N) is 1. The predicted octanol–water partition coefficient (Wildman–Crippen LogP) is 2.33. The monoisotopic (exact) mass is 422 g/mol. The maximum absolute atomic E-state index is 13.6. The van der Waals surface area contributed by atoms with Gasteiger partial charge in [0.25, 0.3) is 11.8 Å². The Morgan fingerprint density at radius 2 is 1.70 bits per heavy atom. The number of likely N-dealkylation sites (tertiary alicyclic amines) is 1. The smallest absolute Gasteiger partial charge is 0.317 e. The Balaban J connectivity index is 1.95. The van der Waals surface area contributed by atoms with Crippen LogP contribution in [0, 0.1) is 0 Å². The number of hydrogen-bond acceptors (Lipinski definition) is 3. The van der Waals surface area contributed by atoms with Crippen LogP contribution in [0.2, 0.25) is 0 Å². The van der Waals surface area contributed by atoms with E-state index in [2.05, 4.69) is 5.32 Å². The van der Waals surface area contributed by atoms with Gasteiger partial charge in [-0.25, -0.2) is 13.6 Å². The van der Waals surface area contributed by atoms with Gasteiger partial charge in [-0.1, -0.05) is 24.3 Å². The maximum atomic E-state index is 13.6. The van der Waals surface area contributed by atoms with Gasteiger partial charge in [0.15, 0.2) is 5.54 Å². The van der Waals surface area contributed by atoms with Crippen LogP contribution < -0.4 is 5.32 Å². The van der Waals surface area contributed by atoms with Gasteiger partial charge in [-0.05, 0) is 26.3 Å². The lowest BCUT2D eigenvalue weighted by atomic mass is 9.81. The van der Waals surface area contributed by atoms with Crippen LogP contribution in [0.5, 0.6) is 0 Å². The highest BCUT2D eigenvalue weighted by atomic mass is 19.3. The molecule has 1 unspecified atom stereocenters. The average molecular weight is 422 g/mol. The second-order valence-electron chi connectivity index (χ2n) is 8.42. The number of rotatable bonds is 4. The van der Waals surface area contributed by atoms with E-state index in [1.807, 2.05) is 13.8 Å². The quantitative estimate of drug-likeness (QED) is 0.810. The Bertz CT molecular complexity index is 845. The topological polar surface area (TPSA) is 73.0 Å². The number of hydrogen-bond donors (Lipinski definition) is 1. The third-order valence-corrected chi connectivity index (χ3v) is 6.01. The Hall–Kier alpha value is -2.71. The lowest BCUT2D eigenvalue weighted by Crippen LogP contribution is -2.82. The first-order valence-electron chi connectivity index (χ1n) is 10.0. The van der Waals surface area contributed by atoms with E-state index in [0.29, 0.717) is 5.56 Å². The summed E-state index contributed by atoms with van der Waals surface area (Å²) in [5, 5.41) is 2.53. The first kappa shape index (κ1) is 22.0. The van der Waals surface area contributed by atoms with E-state index in [1.165, 1.54) is 33.9 Å². The molecule has 0 saturated carbocycles. The second kappa shape index (κ2) is 7.52. The molecular formula is C21H28F2N4O3. The summed E-state index contributed by atoms with van der Waals surface area (Å²) >= 11 is 0. The first-order valence-corrected chi connectivity index (χ1v) is 10.0. The summed E-state index contributed by atoms with van der Waals surface area (Å²) in [6, 6.07) is 4.82. The number of piperazine rings is 1. The van der Waals surface area contributed by atoms with Crippen molar-refractivity contribution in [2.75, 3.05) is 26.7 Å². The van der Waals surface area contributed by atoms with Crippen LogP contribution in [0.1, 0.15) is 44.9 Å². The van der Waals surface area contributed by atoms with E-state index in [-0.39, 0.29) is 49.1 Å². The molecule has 30 heavy (non-hydrogen) atoms. The van der Waals surface area contributed by atoms with Gasteiger partial charge >= 0.3 is 6.03 Å². The maximum Gasteiger partial charge on any atom is 0.317 e. The lowest BCUT2D eigenvalue weighted by Gasteiger charge is -2.59. The molecular weight excluding hydrogens is 394 g/mol. The molecule has 2 aliphatic heterocycles. The summed E-state index contributed by atoms with van der Waals surface area (Å²) in [6.45, 7) is 6.43. The SMILES string of the molecule is CNC(=O)N1CC2(C1)C(=O)N(C(C)C)CC(=O)N2C(C)c1ccc(C(C)(F)F)cc1. The minimum atomic E-state index is -2.96. The summed E-state index contributed by atoms with van der Waals surface area (Å²) < 4.78 is 27.1. The molecule has 2 saturated heterocycles. The normalized spacial score (nSPS) is 19.9. The predicted molar refractivity (Wildman–Crippen MR) is 107 cm³/mol. The first-order chi connectivity index (χ1) is 13.9.